The second-order valence-corrected chi connectivity index (χ2v) is 22.9. The van der Waals surface area contributed by atoms with E-state index in [9.17, 15) is 97.8 Å². The number of nitrogens with one attached hydrogen (secondary N) is 2. The van der Waals surface area contributed by atoms with Crippen LogP contribution in [0.15, 0.2) is 115 Å². The first-order chi connectivity index (χ1) is 44.7. The van der Waals surface area contributed by atoms with Crippen LogP contribution in [-0.4, -0.2) is 203 Å². The maximum absolute atomic E-state index is 14.9. The summed E-state index contributed by atoms with van der Waals surface area (Å²) in [5.41, 5.74) is -4.79. The molecule has 24 nitrogen and oxygen atoms in total. The monoisotopic (exact) mass is 1320 g/mol. The van der Waals surface area contributed by atoms with Gasteiger partial charge in [0.1, 0.15) is 103 Å². The van der Waals surface area contributed by atoms with E-state index in [1.165, 1.54) is 72.8 Å². The second-order valence-electron chi connectivity index (χ2n) is 22.9. The van der Waals surface area contributed by atoms with Crippen LogP contribution in [0.4, 0.5) is 26.3 Å². The van der Waals surface area contributed by atoms with Crippen molar-refractivity contribution in [2.75, 3.05) is 19.8 Å². The Morgan fingerprint density at radius 3 is 1.02 bits per heavy atom. The largest absolute Gasteiger partial charge is 0.462 e. The number of rotatable bonds is 13. The second kappa shape index (κ2) is 26.0. The molecular formula is C64H60F6N4O20. The minimum absolute atomic E-state index is 0.00143. The van der Waals surface area contributed by atoms with Crippen molar-refractivity contribution < 1.29 is 126 Å². The molecule has 5 aliphatic heterocycles. The number of hydrogen-bond donors (Lipinski definition) is 16. The first-order valence-electron chi connectivity index (χ1n) is 29.1. The van der Waals surface area contributed by atoms with Crippen LogP contribution in [0, 0.1) is 0 Å². The lowest BCUT2D eigenvalue weighted by Gasteiger charge is -2.39. The summed E-state index contributed by atoms with van der Waals surface area (Å²) in [6.45, 7) is -2.37. The molecule has 498 valence electrons. The van der Waals surface area contributed by atoms with Gasteiger partial charge in [0, 0.05) is 44.3 Å². The fraction of sp³-hybridized carbons (Fsp3) is 0.344. The number of aromatic nitrogens is 4. The Morgan fingerprint density at radius 1 is 0.372 bits per heavy atom. The number of hydrogen-bond acceptors (Lipinski definition) is 22. The van der Waals surface area contributed by atoms with Crippen LogP contribution >= 0.6 is 0 Å². The molecule has 8 bridgehead atoms. The molecule has 0 amide bonds. The van der Waals surface area contributed by atoms with Crippen LogP contribution < -0.4 is 14.2 Å². The maximum Gasteiger partial charge on any atom is 0.416 e. The number of nitrogens with zero attached hydrogens (tertiary/aromatic N) is 2. The molecule has 0 aliphatic carbocycles. The highest BCUT2D eigenvalue weighted by molar-refractivity contribution is 5.98. The van der Waals surface area contributed by atoms with E-state index >= 15 is 0 Å². The van der Waals surface area contributed by atoms with Crippen LogP contribution in [0.5, 0.6) is 17.2 Å². The predicted octanol–water partition coefficient (Wildman–Crippen LogP) is 3.49. The van der Waals surface area contributed by atoms with E-state index in [4.69, 9.17) is 38.4 Å². The highest BCUT2D eigenvalue weighted by Gasteiger charge is 2.48. The number of H-pyrrole nitrogens is 2. The van der Waals surface area contributed by atoms with Crippen LogP contribution in [0.2, 0.25) is 0 Å². The highest BCUT2D eigenvalue weighted by atomic mass is 19.4. The number of aliphatic hydroxyl groups is 14. The molecular weight excluding hydrogens is 1260 g/mol. The number of benzene rings is 4. The van der Waals surface area contributed by atoms with Gasteiger partial charge in [-0.1, -0.05) is 36.4 Å². The first-order valence-corrected chi connectivity index (χ1v) is 29.1. The van der Waals surface area contributed by atoms with Gasteiger partial charge >= 0.3 is 12.4 Å². The van der Waals surface area contributed by atoms with E-state index in [0.717, 1.165) is 0 Å². The summed E-state index contributed by atoms with van der Waals surface area (Å²) in [4.78, 5) is 16.3. The van der Waals surface area contributed by atoms with Crippen molar-refractivity contribution in [1.82, 2.24) is 19.9 Å². The SMILES string of the molecule is OCC1O[C@@H](Oc2cccc(-c3c4nc(c(-c5cccc(O[C@@H]6OC(CO)[C@H](O)C(O)[C@@H]6O)c5)c5ccc([nH]5)c(-c5cc(C(F)(F)F)cc(C(F)(F)F)c5)c5nc(c(-c6cccc(O[C@@H]7OC(CO)[C@H](O)C(O)[C@@H]7O)c6)c6ccc3[nH]6)[C@@H](O)[C@H]5O)C=C4)c2)[C@@H](O)C(O)[C@H]1O. The van der Waals surface area contributed by atoms with Gasteiger partial charge in [-0.25, -0.2) is 4.98 Å². The van der Waals surface area contributed by atoms with E-state index in [0.29, 0.717) is 17.7 Å². The molecule has 30 heteroatoms. The number of aliphatic hydroxyl groups excluding tert-OH is 14. The lowest BCUT2D eigenvalue weighted by molar-refractivity contribution is -0.277. The Labute approximate surface area is 526 Å². The third-order valence-corrected chi connectivity index (χ3v) is 16.8. The van der Waals surface area contributed by atoms with Crippen LogP contribution in [0.25, 0.3) is 78.7 Å². The van der Waals surface area contributed by atoms with Crippen molar-refractivity contribution in [1.29, 1.82) is 0 Å². The van der Waals surface area contributed by atoms with Gasteiger partial charge in [-0.15, -0.1) is 0 Å². The zero-order valence-electron chi connectivity index (χ0n) is 48.4. The molecule has 3 fully saturated rings. The molecule has 16 N–H and O–H groups in total. The number of fused-ring (bicyclic) bond motifs is 8. The number of ether oxygens (including phenoxy) is 6. The molecule has 7 aromatic rings. The average Bonchev–Trinajstić information content (AvgIpc) is 1.60. The van der Waals surface area contributed by atoms with Gasteiger partial charge in [-0.05, 0) is 113 Å². The molecule has 0 spiro atoms. The Morgan fingerprint density at radius 2 is 0.691 bits per heavy atom. The molecule has 12 rings (SSSR count). The number of halogens is 6. The van der Waals surface area contributed by atoms with Crippen molar-refractivity contribution in [3.63, 3.8) is 0 Å². The van der Waals surface area contributed by atoms with E-state index in [-0.39, 0.29) is 84.6 Å². The fourth-order valence-corrected chi connectivity index (χ4v) is 11.9. The molecule has 3 aromatic heterocycles. The quantitative estimate of drug-likeness (QED) is 0.0735. The molecule has 4 aromatic carbocycles. The van der Waals surface area contributed by atoms with Crippen molar-refractivity contribution in [3.05, 3.63) is 149 Å². The molecule has 0 saturated carbocycles. The Kier molecular flexibility index (Phi) is 18.3. The standard InChI is InChI=1S/C64H60F6N4O20/c65-63(66,67)29-16-28(17-30(21-29)64(68,69)70)46-39-15-13-37(73-39)44(26-5-2-8-32(19-26)90-61-58(87)55(84)50(79)41(23-76)93-61)35-11-10-34(71-35)43(25-4-1-7-31(18-25)89-60-57(86)54(83)49(78)40(22-75)92-60)36-12-14-38(72-36)45(47-52(81)53(82)48(46)74-47)27-6-3-9-33(20-27)91-62-59(88)56(85)51(80)42(24-77)94-62/h1-21,40-42,49-62,72-73,75-88H,22-24H2/t40?,41?,42?,49-,50-,51-,52+,53-,54?,55?,56?,57-,58-,59-,60+,61+,62+/m0/s1. The van der Waals surface area contributed by atoms with Gasteiger partial charge in [-0.2, -0.15) is 26.3 Å². The molecule has 0 radical (unpaired) electrons. The summed E-state index contributed by atoms with van der Waals surface area (Å²) in [6, 6.07) is 24.1. The van der Waals surface area contributed by atoms with Gasteiger partial charge < -0.3 is 110 Å². The van der Waals surface area contributed by atoms with Gasteiger partial charge in [0.25, 0.3) is 0 Å². The summed E-state index contributed by atoms with van der Waals surface area (Å²) >= 11 is 0. The zero-order chi connectivity index (χ0) is 67.0. The molecule has 17 atom stereocenters. The minimum Gasteiger partial charge on any atom is -0.462 e. The Hall–Kier alpha value is -7.96. The van der Waals surface area contributed by atoms with E-state index in [2.05, 4.69) is 9.97 Å². The third kappa shape index (κ3) is 12.5. The summed E-state index contributed by atoms with van der Waals surface area (Å²) < 4.78 is 124. The lowest BCUT2D eigenvalue weighted by Crippen LogP contribution is -2.60. The zero-order valence-corrected chi connectivity index (χ0v) is 48.4. The van der Waals surface area contributed by atoms with Crippen LogP contribution in [0.1, 0.15) is 46.1 Å². The van der Waals surface area contributed by atoms with E-state index in [1.54, 1.807) is 36.4 Å². The molecule has 5 aliphatic rings. The van der Waals surface area contributed by atoms with E-state index < -0.39 is 170 Å². The molecule has 94 heavy (non-hydrogen) atoms. The van der Waals surface area contributed by atoms with E-state index in [1.807, 2.05) is 0 Å². The molecule has 8 heterocycles. The summed E-state index contributed by atoms with van der Waals surface area (Å²) in [6.07, 6.45) is -37.6. The summed E-state index contributed by atoms with van der Waals surface area (Å²) in [5, 5.41) is 151. The van der Waals surface area contributed by atoms with Crippen molar-refractivity contribution >= 4 is 34.2 Å². The summed E-state index contributed by atoms with van der Waals surface area (Å²) in [7, 11) is 0. The fourth-order valence-electron chi connectivity index (χ4n) is 11.9. The van der Waals surface area contributed by atoms with Gasteiger partial charge in [0.05, 0.1) is 53.7 Å². The number of aromatic amines is 2. The lowest BCUT2D eigenvalue weighted by atomic mass is 9.95. The minimum atomic E-state index is -5.39. The maximum atomic E-state index is 14.9. The van der Waals surface area contributed by atoms with Crippen LogP contribution in [0.3, 0.4) is 0 Å². The van der Waals surface area contributed by atoms with Crippen molar-refractivity contribution in [2.45, 2.75) is 117 Å². The average molecular weight is 1320 g/mol. The smallest absolute Gasteiger partial charge is 0.416 e. The highest BCUT2D eigenvalue weighted by Crippen LogP contribution is 2.48. The Balaban J connectivity index is 1.15. The van der Waals surface area contributed by atoms with Gasteiger partial charge in [0.2, 0.25) is 18.9 Å². The first kappa shape index (κ1) is 66.1. The predicted molar refractivity (Wildman–Crippen MR) is 315 cm³/mol. The number of alkyl halides is 6. The van der Waals surface area contributed by atoms with Crippen LogP contribution in [-0.2, 0) is 26.6 Å². The third-order valence-electron chi connectivity index (χ3n) is 16.8. The molecule has 6 unspecified atom stereocenters. The van der Waals surface area contributed by atoms with Crippen molar-refractivity contribution in [2.24, 2.45) is 0 Å². The summed E-state index contributed by atoms with van der Waals surface area (Å²) in [5.74, 6) is -0.186. The normalized spacial score (nSPS) is 28.9. The van der Waals surface area contributed by atoms with Crippen molar-refractivity contribution in [3.8, 4) is 61.8 Å². The van der Waals surface area contributed by atoms with Gasteiger partial charge in [-0.3, -0.25) is 4.98 Å². The topological polar surface area (TPSA) is 396 Å². The molecule has 3 saturated heterocycles. The Bertz CT molecular complexity index is 4130. The van der Waals surface area contributed by atoms with Gasteiger partial charge in [0.15, 0.2) is 0 Å².